The minimum atomic E-state index is -0.483. The fourth-order valence-corrected chi connectivity index (χ4v) is 2.60. The number of nitrogens with one attached hydrogen (secondary N) is 3. The molecule has 8 heteroatoms. The van der Waals surface area contributed by atoms with Crippen molar-refractivity contribution in [2.45, 2.75) is 45.6 Å². The molecule has 0 radical (unpaired) electrons. The van der Waals surface area contributed by atoms with Crippen molar-refractivity contribution in [3.63, 3.8) is 0 Å². The Morgan fingerprint density at radius 1 is 1.28 bits per heavy atom. The van der Waals surface area contributed by atoms with E-state index < -0.39 is 11.7 Å². The number of carbonyl (C=O) groups is 1. The number of aliphatic hydroxyl groups is 1. The molecule has 1 amide bonds. The van der Waals surface area contributed by atoms with Gasteiger partial charge in [-0.2, -0.15) is 0 Å². The molecule has 25 heavy (non-hydrogen) atoms. The zero-order chi connectivity index (χ0) is 18.8. The number of aliphatic hydroxyl groups excluding tert-OH is 1. The standard InChI is InChI=1S/C17H34N4O4/c1-16(2,3)25-15(23)20-9-5-8-19-14(18-4)21-12-17(6-10-22)7-11-24-13-17/h22H,5-13H2,1-4H3,(H,20,23)(H2,18,19,21). The Kier molecular flexibility index (Phi) is 8.99. The Balaban J connectivity index is 2.21. The van der Waals surface area contributed by atoms with Crippen LogP contribution in [0.15, 0.2) is 4.99 Å². The molecule has 8 nitrogen and oxygen atoms in total. The SMILES string of the molecule is CN=C(NCCCNC(=O)OC(C)(C)C)NCC1(CCO)CCOC1. The zero-order valence-electron chi connectivity index (χ0n) is 16.0. The van der Waals surface area contributed by atoms with Crippen LogP contribution in [-0.2, 0) is 9.47 Å². The molecule has 0 saturated carbocycles. The molecule has 1 aliphatic heterocycles. The van der Waals surface area contributed by atoms with Crippen molar-refractivity contribution in [2.75, 3.05) is 46.5 Å². The second kappa shape index (κ2) is 10.5. The Morgan fingerprint density at radius 3 is 2.56 bits per heavy atom. The predicted octanol–water partition coefficient (Wildman–Crippen LogP) is 0.855. The van der Waals surface area contributed by atoms with Crippen LogP contribution in [0.2, 0.25) is 0 Å². The van der Waals surface area contributed by atoms with Gasteiger partial charge in [0, 0.05) is 45.3 Å². The second-order valence-corrected chi connectivity index (χ2v) is 7.41. The number of hydrogen-bond donors (Lipinski definition) is 4. The number of guanidine groups is 1. The third-order valence-corrected chi connectivity index (χ3v) is 4.00. The summed E-state index contributed by atoms with van der Waals surface area (Å²) in [5.41, 5.74) is -0.507. The van der Waals surface area contributed by atoms with E-state index in [9.17, 15) is 9.90 Å². The lowest BCUT2D eigenvalue weighted by molar-refractivity contribution is 0.0527. The molecule has 1 aliphatic rings. The molecule has 0 spiro atoms. The van der Waals surface area contributed by atoms with Gasteiger partial charge >= 0.3 is 6.09 Å². The summed E-state index contributed by atoms with van der Waals surface area (Å²) in [7, 11) is 1.72. The lowest BCUT2D eigenvalue weighted by atomic mass is 9.84. The highest BCUT2D eigenvalue weighted by molar-refractivity contribution is 5.79. The Bertz CT molecular complexity index is 429. The highest BCUT2D eigenvalue weighted by Gasteiger charge is 2.34. The molecule has 1 saturated heterocycles. The van der Waals surface area contributed by atoms with Gasteiger partial charge in [-0.1, -0.05) is 0 Å². The largest absolute Gasteiger partial charge is 0.444 e. The van der Waals surface area contributed by atoms with Crippen molar-refractivity contribution in [1.29, 1.82) is 0 Å². The predicted molar refractivity (Wildman–Crippen MR) is 97.8 cm³/mol. The lowest BCUT2D eigenvalue weighted by Crippen LogP contribution is -2.45. The maximum absolute atomic E-state index is 11.5. The van der Waals surface area contributed by atoms with E-state index in [1.807, 2.05) is 20.8 Å². The van der Waals surface area contributed by atoms with Crippen molar-refractivity contribution < 1.29 is 19.4 Å². The van der Waals surface area contributed by atoms with Crippen LogP contribution in [0.1, 0.15) is 40.0 Å². The maximum Gasteiger partial charge on any atom is 0.407 e. The Labute approximate surface area is 150 Å². The van der Waals surface area contributed by atoms with Gasteiger partial charge in [0.1, 0.15) is 5.60 Å². The number of nitrogens with zero attached hydrogens (tertiary/aromatic N) is 1. The number of hydrogen-bond acceptors (Lipinski definition) is 5. The minimum absolute atomic E-state index is 0.0232. The molecule has 1 heterocycles. The van der Waals surface area contributed by atoms with Crippen LogP contribution >= 0.6 is 0 Å². The molecule has 0 aliphatic carbocycles. The summed E-state index contributed by atoms with van der Waals surface area (Å²) in [5, 5.41) is 18.5. The van der Waals surface area contributed by atoms with Crippen LogP contribution in [0.3, 0.4) is 0 Å². The first-order valence-corrected chi connectivity index (χ1v) is 8.90. The van der Waals surface area contributed by atoms with Crippen LogP contribution < -0.4 is 16.0 Å². The van der Waals surface area contributed by atoms with Gasteiger partial charge in [-0.15, -0.1) is 0 Å². The molecule has 0 aromatic rings. The molecule has 4 N–H and O–H groups in total. The van der Waals surface area contributed by atoms with Crippen molar-refractivity contribution in [1.82, 2.24) is 16.0 Å². The Hall–Kier alpha value is -1.54. The maximum atomic E-state index is 11.5. The molecule has 0 aromatic heterocycles. The highest BCUT2D eigenvalue weighted by atomic mass is 16.6. The van der Waals surface area contributed by atoms with E-state index in [1.165, 1.54) is 0 Å². The first kappa shape index (κ1) is 21.5. The topological polar surface area (TPSA) is 104 Å². The molecule has 1 unspecified atom stereocenters. The van der Waals surface area contributed by atoms with E-state index in [-0.39, 0.29) is 12.0 Å². The summed E-state index contributed by atoms with van der Waals surface area (Å²) in [6, 6.07) is 0. The fourth-order valence-electron chi connectivity index (χ4n) is 2.60. The van der Waals surface area contributed by atoms with Crippen molar-refractivity contribution in [3.8, 4) is 0 Å². The average molecular weight is 358 g/mol. The number of ether oxygens (including phenoxy) is 2. The highest BCUT2D eigenvalue weighted by Crippen LogP contribution is 2.31. The number of alkyl carbamates (subject to hydrolysis) is 1. The first-order chi connectivity index (χ1) is 11.8. The number of amides is 1. The lowest BCUT2D eigenvalue weighted by Gasteiger charge is -2.27. The molecular weight excluding hydrogens is 324 g/mol. The van der Waals surface area contributed by atoms with Gasteiger partial charge < -0.3 is 30.5 Å². The van der Waals surface area contributed by atoms with Crippen LogP contribution in [0, 0.1) is 5.41 Å². The molecular formula is C17H34N4O4. The summed E-state index contributed by atoms with van der Waals surface area (Å²) in [6.07, 6.45) is 2.01. The summed E-state index contributed by atoms with van der Waals surface area (Å²) in [6.45, 7) is 8.99. The van der Waals surface area contributed by atoms with E-state index >= 15 is 0 Å². The van der Waals surface area contributed by atoms with Crippen LogP contribution in [0.25, 0.3) is 0 Å². The van der Waals surface area contributed by atoms with Gasteiger partial charge in [-0.3, -0.25) is 4.99 Å². The zero-order valence-corrected chi connectivity index (χ0v) is 16.0. The van der Waals surface area contributed by atoms with Crippen LogP contribution in [0.5, 0.6) is 0 Å². The first-order valence-electron chi connectivity index (χ1n) is 8.90. The summed E-state index contributed by atoms with van der Waals surface area (Å²) >= 11 is 0. The third-order valence-electron chi connectivity index (χ3n) is 4.00. The fraction of sp³-hybridized carbons (Fsp3) is 0.882. The summed E-state index contributed by atoms with van der Waals surface area (Å²) < 4.78 is 10.7. The van der Waals surface area contributed by atoms with Gasteiger partial charge in [-0.05, 0) is 40.0 Å². The number of aliphatic imine (C=N–C) groups is 1. The van der Waals surface area contributed by atoms with Gasteiger partial charge in [0.15, 0.2) is 5.96 Å². The number of carbonyl (C=O) groups excluding carboxylic acids is 1. The number of rotatable bonds is 8. The molecule has 146 valence electrons. The van der Waals surface area contributed by atoms with E-state index in [1.54, 1.807) is 7.05 Å². The van der Waals surface area contributed by atoms with Crippen molar-refractivity contribution >= 4 is 12.1 Å². The van der Waals surface area contributed by atoms with Gasteiger partial charge in [0.2, 0.25) is 0 Å². The van der Waals surface area contributed by atoms with Gasteiger partial charge in [0.25, 0.3) is 0 Å². The van der Waals surface area contributed by atoms with E-state index in [4.69, 9.17) is 9.47 Å². The molecule has 1 fully saturated rings. The van der Waals surface area contributed by atoms with E-state index in [2.05, 4.69) is 20.9 Å². The van der Waals surface area contributed by atoms with Crippen molar-refractivity contribution in [3.05, 3.63) is 0 Å². The molecule has 1 atom stereocenters. The van der Waals surface area contributed by atoms with Crippen LogP contribution in [0.4, 0.5) is 4.79 Å². The average Bonchev–Trinajstić information content (AvgIpc) is 2.97. The second-order valence-electron chi connectivity index (χ2n) is 7.41. The van der Waals surface area contributed by atoms with Crippen LogP contribution in [-0.4, -0.2) is 69.3 Å². The molecule has 0 aromatic carbocycles. The quantitative estimate of drug-likeness (QED) is 0.291. The van der Waals surface area contributed by atoms with E-state index in [0.717, 1.165) is 25.9 Å². The smallest absolute Gasteiger partial charge is 0.407 e. The minimum Gasteiger partial charge on any atom is -0.444 e. The summed E-state index contributed by atoms with van der Waals surface area (Å²) in [5.74, 6) is 0.710. The third kappa shape index (κ3) is 8.92. The Morgan fingerprint density at radius 2 is 2.00 bits per heavy atom. The normalized spacial score (nSPS) is 21.1. The van der Waals surface area contributed by atoms with Crippen molar-refractivity contribution in [2.24, 2.45) is 10.4 Å². The van der Waals surface area contributed by atoms with Gasteiger partial charge in [0.05, 0.1) is 6.61 Å². The van der Waals surface area contributed by atoms with Gasteiger partial charge in [-0.25, -0.2) is 4.79 Å². The molecule has 1 rings (SSSR count). The molecule has 0 bridgehead atoms. The van der Waals surface area contributed by atoms with E-state index in [0.29, 0.717) is 32.2 Å². The summed E-state index contributed by atoms with van der Waals surface area (Å²) in [4.78, 5) is 15.7. The monoisotopic (exact) mass is 358 g/mol.